The Bertz CT molecular complexity index is 417. The summed E-state index contributed by atoms with van der Waals surface area (Å²) in [5.74, 6) is 0.121. The van der Waals surface area contributed by atoms with E-state index in [0.29, 0.717) is 6.54 Å². The summed E-state index contributed by atoms with van der Waals surface area (Å²) >= 11 is 1.57. The second-order valence-corrected chi connectivity index (χ2v) is 6.81. The molecule has 0 radical (unpaired) electrons. The van der Waals surface area contributed by atoms with Crippen LogP contribution in [0.1, 0.15) is 19.5 Å². The molecule has 0 aliphatic rings. The van der Waals surface area contributed by atoms with Crippen LogP contribution in [0.15, 0.2) is 10.9 Å². The van der Waals surface area contributed by atoms with Crippen molar-refractivity contribution in [3.8, 4) is 0 Å². The topological polar surface area (TPSA) is 62.3 Å². The number of nitrogens with one attached hydrogen (secondary N) is 1. The highest BCUT2D eigenvalue weighted by molar-refractivity contribution is 7.89. The number of hydrogen-bond acceptors (Lipinski definition) is 5. The van der Waals surface area contributed by atoms with E-state index in [9.17, 15) is 8.42 Å². The van der Waals surface area contributed by atoms with Gasteiger partial charge >= 0.3 is 0 Å². The summed E-state index contributed by atoms with van der Waals surface area (Å²) in [6.45, 7) is 4.78. The number of aromatic nitrogens is 1. The van der Waals surface area contributed by atoms with Crippen LogP contribution in [-0.4, -0.2) is 43.7 Å². The van der Waals surface area contributed by atoms with Crippen molar-refractivity contribution in [2.45, 2.75) is 26.4 Å². The molecule has 0 saturated heterocycles. The Labute approximate surface area is 107 Å². The van der Waals surface area contributed by atoms with Crippen molar-refractivity contribution in [2.24, 2.45) is 0 Å². The third-order valence-corrected chi connectivity index (χ3v) is 4.63. The lowest BCUT2D eigenvalue weighted by Crippen LogP contribution is -2.40. The third-order valence-electron chi connectivity index (χ3n) is 2.63. The zero-order valence-corrected chi connectivity index (χ0v) is 12.0. The van der Waals surface area contributed by atoms with E-state index in [1.54, 1.807) is 23.8 Å². The van der Waals surface area contributed by atoms with Crippen molar-refractivity contribution in [2.75, 3.05) is 19.3 Å². The summed E-state index contributed by atoms with van der Waals surface area (Å²) in [7, 11) is -1.14. The molecule has 0 aliphatic carbocycles. The summed E-state index contributed by atoms with van der Waals surface area (Å²) in [5.41, 5.74) is 2.82. The van der Waals surface area contributed by atoms with Gasteiger partial charge in [-0.25, -0.2) is 18.1 Å². The van der Waals surface area contributed by atoms with E-state index in [4.69, 9.17) is 0 Å². The number of thiazole rings is 1. The van der Waals surface area contributed by atoms with Crippen molar-refractivity contribution >= 4 is 21.4 Å². The van der Waals surface area contributed by atoms with Gasteiger partial charge in [0, 0.05) is 24.5 Å². The first-order chi connectivity index (χ1) is 7.94. The number of nitrogens with zero attached hydrogens (tertiary/aromatic N) is 2. The Hall–Kier alpha value is -0.500. The van der Waals surface area contributed by atoms with Gasteiger partial charge in [-0.2, -0.15) is 0 Å². The standard InChI is InChI=1S/C10H19N3O2S2/c1-4-17(14,15)12-5-9(2)13(3)6-10-7-16-8-11-10/h7-9,12H,4-6H2,1-3H3/t9-/m1/s1. The smallest absolute Gasteiger partial charge is 0.211 e. The number of likely N-dealkylation sites (N-methyl/N-ethyl adjacent to an activating group) is 1. The summed E-state index contributed by atoms with van der Waals surface area (Å²) in [6.07, 6.45) is 0. The molecule has 1 atom stereocenters. The van der Waals surface area contributed by atoms with Crippen LogP contribution < -0.4 is 4.72 Å². The Morgan fingerprint density at radius 3 is 2.82 bits per heavy atom. The molecule has 0 spiro atoms. The first kappa shape index (κ1) is 14.6. The minimum Gasteiger partial charge on any atom is -0.297 e. The van der Waals surface area contributed by atoms with E-state index in [0.717, 1.165) is 12.2 Å². The SMILES string of the molecule is CCS(=O)(=O)NC[C@@H](C)N(C)Cc1cscn1. The molecule has 0 saturated carbocycles. The number of rotatable bonds is 7. The van der Waals surface area contributed by atoms with Crippen molar-refractivity contribution in [3.63, 3.8) is 0 Å². The molecule has 0 aliphatic heterocycles. The molecule has 0 fully saturated rings. The fourth-order valence-electron chi connectivity index (χ4n) is 1.23. The molecule has 7 heteroatoms. The molecule has 0 aromatic carbocycles. The molecule has 1 heterocycles. The second-order valence-electron chi connectivity index (χ2n) is 4.00. The van der Waals surface area contributed by atoms with E-state index in [2.05, 4.69) is 14.6 Å². The van der Waals surface area contributed by atoms with Gasteiger partial charge in [0.05, 0.1) is 17.0 Å². The molecule has 0 amide bonds. The van der Waals surface area contributed by atoms with Gasteiger partial charge < -0.3 is 0 Å². The fourth-order valence-corrected chi connectivity index (χ4v) is 2.48. The van der Waals surface area contributed by atoms with Crippen molar-refractivity contribution < 1.29 is 8.42 Å². The van der Waals surface area contributed by atoms with Crippen molar-refractivity contribution in [1.29, 1.82) is 0 Å². The molecule has 1 aromatic heterocycles. The number of sulfonamides is 1. The van der Waals surface area contributed by atoms with Gasteiger partial charge in [0.2, 0.25) is 10.0 Å². The van der Waals surface area contributed by atoms with E-state index < -0.39 is 10.0 Å². The zero-order valence-electron chi connectivity index (χ0n) is 10.4. The Balaban J connectivity index is 2.39. The quantitative estimate of drug-likeness (QED) is 0.804. The molecule has 0 bridgehead atoms. The monoisotopic (exact) mass is 277 g/mol. The highest BCUT2D eigenvalue weighted by Gasteiger charge is 2.13. The average molecular weight is 277 g/mol. The van der Waals surface area contributed by atoms with Gasteiger partial charge in [0.15, 0.2) is 0 Å². The molecule has 1 rings (SSSR count). The lowest BCUT2D eigenvalue weighted by Gasteiger charge is -2.23. The van der Waals surface area contributed by atoms with Crippen LogP contribution in [0, 0.1) is 0 Å². The third kappa shape index (κ3) is 5.12. The van der Waals surface area contributed by atoms with Crippen LogP contribution in [0.5, 0.6) is 0 Å². The highest BCUT2D eigenvalue weighted by atomic mass is 32.2. The molecular formula is C10H19N3O2S2. The Kier molecular flexibility index (Phi) is 5.51. The molecule has 1 N–H and O–H groups in total. The van der Waals surface area contributed by atoms with Crippen LogP contribution in [0.3, 0.4) is 0 Å². The maximum absolute atomic E-state index is 11.3. The maximum Gasteiger partial charge on any atom is 0.211 e. The van der Waals surface area contributed by atoms with Crippen LogP contribution >= 0.6 is 11.3 Å². The summed E-state index contributed by atoms with van der Waals surface area (Å²) in [4.78, 5) is 6.28. The van der Waals surface area contributed by atoms with Gasteiger partial charge in [0.1, 0.15) is 0 Å². The first-order valence-corrected chi connectivity index (χ1v) is 8.08. The minimum atomic E-state index is -3.10. The van der Waals surface area contributed by atoms with Gasteiger partial charge in [-0.15, -0.1) is 11.3 Å². The van der Waals surface area contributed by atoms with Crippen molar-refractivity contribution in [3.05, 3.63) is 16.6 Å². The van der Waals surface area contributed by atoms with E-state index >= 15 is 0 Å². The van der Waals surface area contributed by atoms with Gasteiger partial charge in [-0.1, -0.05) is 0 Å². The van der Waals surface area contributed by atoms with E-state index in [1.807, 2.05) is 19.4 Å². The number of hydrogen-bond donors (Lipinski definition) is 1. The largest absolute Gasteiger partial charge is 0.297 e. The predicted octanol–water partition coefficient (Wildman–Crippen LogP) is 0.903. The summed E-state index contributed by atoms with van der Waals surface area (Å²) in [6, 6.07) is 0.137. The minimum absolute atomic E-state index is 0.121. The predicted molar refractivity (Wildman–Crippen MR) is 70.5 cm³/mol. The highest BCUT2D eigenvalue weighted by Crippen LogP contribution is 2.06. The maximum atomic E-state index is 11.3. The first-order valence-electron chi connectivity index (χ1n) is 5.49. The molecule has 17 heavy (non-hydrogen) atoms. The summed E-state index contributed by atoms with van der Waals surface area (Å²) < 4.78 is 25.2. The van der Waals surface area contributed by atoms with Crippen LogP contribution in [0.4, 0.5) is 0 Å². The van der Waals surface area contributed by atoms with Crippen molar-refractivity contribution in [1.82, 2.24) is 14.6 Å². The van der Waals surface area contributed by atoms with E-state index in [-0.39, 0.29) is 11.8 Å². The van der Waals surface area contributed by atoms with Gasteiger partial charge in [-0.05, 0) is 20.9 Å². The summed E-state index contributed by atoms with van der Waals surface area (Å²) in [5, 5.41) is 2.00. The van der Waals surface area contributed by atoms with Gasteiger partial charge in [0.25, 0.3) is 0 Å². The molecule has 1 aromatic rings. The average Bonchev–Trinajstić information content (AvgIpc) is 2.78. The molecule has 0 unspecified atom stereocenters. The normalized spacial score (nSPS) is 14.1. The lowest BCUT2D eigenvalue weighted by molar-refractivity contribution is 0.248. The zero-order chi connectivity index (χ0) is 12.9. The fraction of sp³-hybridized carbons (Fsp3) is 0.700. The van der Waals surface area contributed by atoms with Crippen LogP contribution in [0.2, 0.25) is 0 Å². The Morgan fingerprint density at radius 1 is 1.59 bits per heavy atom. The second kappa shape index (κ2) is 6.44. The Morgan fingerprint density at radius 2 is 2.29 bits per heavy atom. The van der Waals surface area contributed by atoms with Crippen LogP contribution in [-0.2, 0) is 16.6 Å². The molecule has 5 nitrogen and oxygen atoms in total. The van der Waals surface area contributed by atoms with Crippen LogP contribution in [0.25, 0.3) is 0 Å². The molecule has 98 valence electrons. The van der Waals surface area contributed by atoms with E-state index in [1.165, 1.54) is 0 Å². The van der Waals surface area contributed by atoms with Gasteiger partial charge in [-0.3, -0.25) is 4.90 Å². The lowest BCUT2D eigenvalue weighted by atomic mass is 10.3. The molecular weight excluding hydrogens is 258 g/mol.